The number of hydrogen-bond acceptors (Lipinski definition) is 5. The van der Waals surface area contributed by atoms with Crippen molar-refractivity contribution in [3.8, 4) is 5.88 Å². The standard InChI is InChI=1S/C10H15N3O4/c1-6-5-17-4-3-8(6)12-7(2)9(13(15)16)10(14)11-12/h6,8H,3-5H2,1-2H3,(H,11,14). The summed E-state index contributed by atoms with van der Waals surface area (Å²) >= 11 is 0. The van der Waals surface area contributed by atoms with Crippen molar-refractivity contribution in [2.24, 2.45) is 5.92 Å². The summed E-state index contributed by atoms with van der Waals surface area (Å²) < 4.78 is 6.88. The molecule has 2 unspecified atom stereocenters. The summed E-state index contributed by atoms with van der Waals surface area (Å²) in [6, 6.07) is 0.0448. The molecule has 1 fully saturated rings. The molecule has 94 valence electrons. The van der Waals surface area contributed by atoms with E-state index in [4.69, 9.17) is 4.74 Å². The van der Waals surface area contributed by atoms with Crippen LogP contribution in [0.4, 0.5) is 5.69 Å². The summed E-state index contributed by atoms with van der Waals surface area (Å²) in [4.78, 5) is 10.2. The zero-order valence-corrected chi connectivity index (χ0v) is 9.79. The van der Waals surface area contributed by atoms with Crippen LogP contribution in [0.15, 0.2) is 0 Å². The molecule has 0 radical (unpaired) electrons. The van der Waals surface area contributed by atoms with Crippen LogP contribution in [0.5, 0.6) is 5.88 Å². The molecule has 0 amide bonds. The van der Waals surface area contributed by atoms with Gasteiger partial charge in [0.15, 0.2) is 0 Å². The lowest BCUT2D eigenvalue weighted by Crippen LogP contribution is -2.29. The van der Waals surface area contributed by atoms with Crippen molar-refractivity contribution in [1.82, 2.24) is 9.78 Å². The molecule has 1 aliphatic rings. The Morgan fingerprint density at radius 3 is 2.88 bits per heavy atom. The molecule has 0 aromatic carbocycles. The quantitative estimate of drug-likeness (QED) is 0.624. The molecule has 2 atom stereocenters. The third kappa shape index (κ3) is 1.97. The minimum Gasteiger partial charge on any atom is -0.487 e. The molecule has 1 aromatic rings. The molecule has 7 nitrogen and oxygen atoms in total. The molecule has 2 rings (SSSR count). The van der Waals surface area contributed by atoms with Gasteiger partial charge < -0.3 is 9.84 Å². The van der Waals surface area contributed by atoms with Gasteiger partial charge in [-0.15, -0.1) is 5.10 Å². The van der Waals surface area contributed by atoms with E-state index in [1.807, 2.05) is 6.92 Å². The molecule has 0 spiro atoms. The lowest BCUT2D eigenvalue weighted by Gasteiger charge is -2.29. The van der Waals surface area contributed by atoms with Crippen LogP contribution in [0.3, 0.4) is 0 Å². The molecule has 1 aliphatic heterocycles. The largest absolute Gasteiger partial charge is 0.487 e. The van der Waals surface area contributed by atoms with E-state index in [2.05, 4.69) is 5.10 Å². The molecule has 1 aromatic heterocycles. The van der Waals surface area contributed by atoms with Crippen LogP contribution in [0.2, 0.25) is 0 Å². The first-order chi connectivity index (χ1) is 8.02. The molecule has 1 N–H and O–H groups in total. The Morgan fingerprint density at radius 1 is 1.65 bits per heavy atom. The first-order valence-corrected chi connectivity index (χ1v) is 5.52. The van der Waals surface area contributed by atoms with Gasteiger partial charge in [-0.2, -0.15) is 0 Å². The Kier molecular flexibility index (Phi) is 3.01. The van der Waals surface area contributed by atoms with Crippen LogP contribution in [0.25, 0.3) is 0 Å². The van der Waals surface area contributed by atoms with Gasteiger partial charge >= 0.3 is 11.6 Å². The fourth-order valence-corrected chi connectivity index (χ4v) is 2.26. The summed E-state index contributed by atoms with van der Waals surface area (Å²) in [5, 5.41) is 24.2. The highest BCUT2D eigenvalue weighted by Crippen LogP contribution is 2.34. The Morgan fingerprint density at radius 2 is 2.35 bits per heavy atom. The first kappa shape index (κ1) is 11.8. The van der Waals surface area contributed by atoms with Crippen molar-refractivity contribution >= 4 is 5.69 Å². The van der Waals surface area contributed by atoms with E-state index in [1.165, 1.54) is 0 Å². The van der Waals surface area contributed by atoms with E-state index in [0.29, 0.717) is 18.9 Å². The van der Waals surface area contributed by atoms with Gasteiger partial charge in [0, 0.05) is 12.5 Å². The Balaban J connectivity index is 2.39. The SMILES string of the molecule is Cc1c([N+](=O)[O-])c(O)nn1C1CCOCC1C. The van der Waals surface area contributed by atoms with Gasteiger partial charge in [-0.25, -0.2) is 0 Å². The Labute approximate surface area is 98.1 Å². The van der Waals surface area contributed by atoms with E-state index < -0.39 is 10.8 Å². The van der Waals surface area contributed by atoms with Crippen molar-refractivity contribution < 1.29 is 14.8 Å². The summed E-state index contributed by atoms with van der Waals surface area (Å²) in [7, 11) is 0. The third-order valence-corrected chi connectivity index (χ3v) is 3.19. The van der Waals surface area contributed by atoms with Crippen LogP contribution < -0.4 is 0 Å². The van der Waals surface area contributed by atoms with Gasteiger partial charge in [0.25, 0.3) is 0 Å². The van der Waals surface area contributed by atoms with Crippen LogP contribution in [-0.4, -0.2) is 33.0 Å². The van der Waals surface area contributed by atoms with Crippen molar-refractivity contribution in [2.45, 2.75) is 26.3 Å². The van der Waals surface area contributed by atoms with Crippen LogP contribution in [-0.2, 0) is 4.74 Å². The predicted molar refractivity (Wildman–Crippen MR) is 58.9 cm³/mol. The monoisotopic (exact) mass is 241 g/mol. The molecule has 17 heavy (non-hydrogen) atoms. The van der Waals surface area contributed by atoms with Crippen molar-refractivity contribution in [2.75, 3.05) is 13.2 Å². The Bertz CT molecular complexity index is 443. The predicted octanol–water partition coefficient (Wildman–Crippen LogP) is 1.40. The molecular weight excluding hydrogens is 226 g/mol. The van der Waals surface area contributed by atoms with Crippen molar-refractivity contribution in [1.29, 1.82) is 0 Å². The zero-order valence-electron chi connectivity index (χ0n) is 9.79. The van der Waals surface area contributed by atoms with Gasteiger partial charge in [-0.3, -0.25) is 14.8 Å². The molecule has 7 heteroatoms. The van der Waals surface area contributed by atoms with Crippen LogP contribution in [0, 0.1) is 23.0 Å². The maximum absolute atomic E-state index is 10.8. The lowest BCUT2D eigenvalue weighted by atomic mass is 9.98. The number of aromatic nitrogens is 2. The smallest absolute Gasteiger partial charge is 0.352 e. The minimum absolute atomic E-state index is 0.0448. The summed E-state index contributed by atoms with van der Waals surface area (Å²) in [6.07, 6.45) is 0.750. The number of ether oxygens (including phenoxy) is 1. The van der Waals surface area contributed by atoms with Crippen molar-refractivity contribution in [3.05, 3.63) is 15.8 Å². The average molecular weight is 241 g/mol. The molecular formula is C10H15N3O4. The fraction of sp³-hybridized carbons (Fsp3) is 0.700. The number of aromatic hydroxyl groups is 1. The molecule has 1 saturated heterocycles. The number of rotatable bonds is 2. The van der Waals surface area contributed by atoms with Gasteiger partial charge in [-0.05, 0) is 13.3 Å². The Hall–Kier alpha value is -1.63. The molecule has 0 bridgehead atoms. The van der Waals surface area contributed by atoms with Gasteiger partial charge in [0.05, 0.1) is 17.6 Å². The third-order valence-electron chi connectivity index (χ3n) is 3.19. The van der Waals surface area contributed by atoms with Crippen LogP contribution >= 0.6 is 0 Å². The first-order valence-electron chi connectivity index (χ1n) is 5.52. The maximum atomic E-state index is 10.8. The molecule has 0 saturated carbocycles. The number of nitro groups is 1. The van der Waals surface area contributed by atoms with Crippen molar-refractivity contribution in [3.63, 3.8) is 0 Å². The van der Waals surface area contributed by atoms with E-state index in [0.717, 1.165) is 6.42 Å². The second kappa shape index (κ2) is 4.33. The summed E-state index contributed by atoms with van der Waals surface area (Å²) in [6.45, 7) is 4.84. The second-order valence-electron chi connectivity index (χ2n) is 4.37. The topological polar surface area (TPSA) is 90.4 Å². The van der Waals surface area contributed by atoms with E-state index in [1.54, 1.807) is 11.6 Å². The van der Waals surface area contributed by atoms with Crippen LogP contribution in [0.1, 0.15) is 25.1 Å². The van der Waals surface area contributed by atoms with E-state index >= 15 is 0 Å². The van der Waals surface area contributed by atoms with Gasteiger partial charge in [-0.1, -0.05) is 6.92 Å². The normalized spacial score (nSPS) is 24.8. The molecule has 0 aliphatic carbocycles. The average Bonchev–Trinajstić information content (AvgIpc) is 2.55. The van der Waals surface area contributed by atoms with Gasteiger partial charge in [0.2, 0.25) is 0 Å². The lowest BCUT2D eigenvalue weighted by molar-refractivity contribution is -0.386. The second-order valence-corrected chi connectivity index (χ2v) is 4.37. The highest BCUT2D eigenvalue weighted by molar-refractivity contribution is 5.44. The maximum Gasteiger partial charge on any atom is 0.352 e. The van der Waals surface area contributed by atoms with E-state index in [9.17, 15) is 15.2 Å². The van der Waals surface area contributed by atoms with E-state index in [-0.39, 0.29) is 17.6 Å². The number of nitrogens with zero attached hydrogens (tertiary/aromatic N) is 3. The summed E-state index contributed by atoms with van der Waals surface area (Å²) in [5.41, 5.74) is 0.0925. The zero-order chi connectivity index (χ0) is 12.6. The fourth-order valence-electron chi connectivity index (χ4n) is 2.26. The molecule has 2 heterocycles. The van der Waals surface area contributed by atoms with Gasteiger partial charge in [0.1, 0.15) is 5.69 Å². The highest BCUT2D eigenvalue weighted by atomic mass is 16.6. The minimum atomic E-state index is -0.599. The highest BCUT2D eigenvalue weighted by Gasteiger charge is 2.31. The summed E-state index contributed by atoms with van der Waals surface area (Å²) in [5.74, 6) is -0.285. The number of hydrogen-bond donors (Lipinski definition) is 1.